The van der Waals surface area contributed by atoms with E-state index >= 15 is 0 Å². The van der Waals surface area contributed by atoms with E-state index in [1.807, 2.05) is 20.4 Å². The van der Waals surface area contributed by atoms with Gasteiger partial charge in [-0.05, 0) is 24.8 Å². The average Bonchev–Trinajstić information content (AvgIpc) is 2.83. The second-order valence-corrected chi connectivity index (χ2v) is 11.6. The Labute approximate surface area is 226 Å². The van der Waals surface area contributed by atoms with Crippen LogP contribution in [0.2, 0.25) is 0 Å². The summed E-state index contributed by atoms with van der Waals surface area (Å²) in [6.45, 7) is 12.1. The summed E-state index contributed by atoms with van der Waals surface area (Å²) in [6.07, 6.45) is 18.7. The summed E-state index contributed by atoms with van der Waals surface area (Å²) < 4.78 is 1.82. The number of nitrogens with one attached hydrogen (secondary N) is 2. The minimum absolute atomic E-state index is 0.657. The zero-order chi connectivity index (χ0) is 24.6. The zero-order valence-electron chi connectivity index (χ0n) is 19.8. The Morgan fingerprint density at radius 1 is 1.33 bits per heavy atom. The molecule has 1 aliphatic rings. The molecule has 1 aromatic carbocycles. The van der Waals surface area contributed by atoms with E-state index in [0.29, 0.717) is 26.1 Å². The van der Waals surface area contributed by atoms with Gasteiger partial charge in [0.15, 0.2) is 0 Å². The predicted molar refractivity (Wildman–Crippen MR) is 149 cm³/mol. The van der Waals surface area contributed by atoms with Crippen molar-refractivity contribution in [3.63, 3.8) is 0 Å². The Morgan fingerprint density at radius 3 is 2.70 bits per heavy atom. The van der Waals surface area contributed by atoms with E-state index in [2.05, 4.69) is 72.4 Å². The fraction of sp³-hybridized carbons (Fsp3) is 0.346. The third kappa shape index (κ3) is 10.6. The van der Waals surface area contributed by atoms with Crippen LogP contribution in [0.1, 0.15) is 44.6 Å². The Hall–Kier alpha value is -1.35. The fourth-order valence-corrected chi connectivity index (χ4v) is 4.17. The molecule has 0 fully saturated rings. The number of hydrogen-bond acceptors (Lipinski definition) is 4. The molecule has 0 saturated heterocycles. The number of anilines is 2. The number of unbranched alkanes of at least 4 members (excludes halogenated alkanes) is 1. The van der Waals surface area contributed by atoms with E-state index in [1.165, 1.54) is 23.7 Å². The van der Waals surface area contributed by atoms with Crippen LogP contribution in [0.15, 0.2) is 78.7 Å². The molecule has 4 nitrogen and oxygen atoms in total. The summed E-state index contributed by atoms with van der Waals surface area (Å²) in [5.74, 6) is 0. The first kappa shape index (κ1) is 29.7. The van der Waals surface area contributed by atoms with Gasteiger partial charge < -0.3 is 0 Å². The molecule has 1 heterocycles. The number of rotatable bonds is 13. The number of hydrogen-bond donors (Lipinski definition) is 2. The second-order valence-electron chi connectivity index (χ2n) is 7.49. The molecule has 2 rings (SSSR count). The van der Waals surface area contributed by atoms with Crippen LogP contribution in [0.4, 0.5) is 11.4 Å². The monoisotopic (exact) mass is 678 g/mol. The van der Waals surface area contributed by atoms with Gasteiger partial charge >= 0.3 is 147 Å². The van der Waals surface area contributed by atoms with Crippen molar-refractivity contribution in [2.24, 2.45) is 0 Å². The molecule has 0 saturated carbocycles. The van der Waals surface area contributed by atoms with Crippen molar-refractivity contribution in [1.29, 1.82) is 5.41 Å². The van der Waals surface area contributed by atoms with Crippen molar-refractivity contribution in [1.82, 2.24) is 2.23 Å². The molecule has 0 amide bonds. The van der Waals surface area contributed by atoms with Crippen LogP contribution in [0.5, 0.6) is 0 Å². The first-order valence-electron chi connectivity index (χ1n) is 11.1. The molecule has 33 heavy (non-hydrogen) atoms. The maximum atomic E-state index is 7.82. The summed E-state index contributed by atoms with van der Waals surface area (Å²) in [4.78, 5) is 2.07. The summed E-state index contributed by atoms with van der Waals surface area (Å²) >= 11 is 11.2. The molecule has 0 unspecified atom stereocenters. The van der Waals surface area contributed by atoms with Crippen LogP contribution in [-0.4, -0.2) is 54.0 Å². The third-order valence-corrected chi connectivity index (χ3v) is 6.26. The molecular weight excluding hydrogens is 644 g/mol. The maximum absolute atomic E-state index is 7.82. The smallest absolute Gasteiger partial charge is 0.130 e. The summed E-state index contributed by atoms with van der Waals surface area (Å²) in [7, 11) is 0. The van der Waals surface area contributed by atoms with Gasteiger partial charge in [-0.3, -0.25) is 0 Å². The van der Waals surface area contributed by atoms with Crippen molar-refractivity contribution >= 4 is 67.0 Å². The molecule has 2 N–H and O–H groups in total. The van der Waals surface area contributed by atoms with Gasteiger partial charge in [-0.15, -0.1) is 11.6 Å². The Bertz CT molecular complexity index is 875. The van der Waals surface area contributed by atoms with Gasteiger partial charge in [-0.25, -0.2) is 0 Å². The van der Waals surface area contributed by atoms with Crippen molar-refractivity contribution < 1.29 is 0 Å². The van der Waals surface area contributed by atoms with E-state index < -0.39 is 0 Å². The topological polar surface area (TPSA) is 42.4 Å². The average molecular weight is 679 g/mol. The quantitative estimate of drug-likeness (QED) is 0.0573. The van der Waals surface area contributed by atoms with Crippen molar-refractivity contribution in [3.8, 4) is 0 Å². The van der Waals surface area contributed by atoms with Gasteiger partial charge in [0, 0.05) is 6.38 Å². The van der Waals surface area contributed by atoms with Gasteiger partial charge in [0.05, 0.1) is 0 Å². The molecule has 0 aromatic heterocycles. The summed E-state index contributed by atoms with van der Waals surface area (Å²) in [6, 6.07) is 6.12. The summed E-state index contributed by atoms with van der Waals surface area (Å²) in [5, 5.41) is 11.2. The molecule has 0 spiro atoms. The molecule has 1 aliphatic heterocycles. The Kier molecular flexibility index (Phi) is 15.4. The Balaban J connectivity index is 0.00000265. The molecular formula is C26H35Cl2N4Tl. The first-order chi connectivity index (χ1) is 16.0. The van der Waals surface area contributed by atoms with E-state index in [4.69, 9.17) is 17.2 Å². The summed E-state index contributed by atoms with van der Waals surface area (Å²) in [5.41, 5.74) is 6.34. The van der Waals surface area contributed by atoms with Crippen LogP contribution in [-0.2, 0) is 0 Å². The van der Waals surface area contributed by atoms with Crippen molar-refractivity contribution in [2.75, 3.05) is 29.7 Å². The van der Waals surface area contributed by atoms with Crippen molar-refractivity contribution in [2.45, 2.75) is 39.0 Å². The minimum atomic E-state index is 0.657. The number of alkyl halides is 1. The standard InChI is InChI=1S/C25H32ClN4.CH3Cl.Tl/c1-4-6-8-21(5-2)9-10-22-13-16-30(20(3)17-22)24-11-12-25(23(18-24)19-27)28-14-7-15-29-26;1-2;/h5,8,11-13,16-19,27-28H,2-4,6-7,9-10,14-15H2,1H3;1H3;/q-1;;+1/b21-8+,27-19?;;. The van der Waals surface area contributed by atoms with E-state index in [0.717, 1.165) is 67.8 Å². The SMILES string of the molecule is C=C/C(=C\CCC)CCC1=CC(=C)N(c2ccc(NCCC[N](Cl)[Tl])c(C=N)c2)C=C1.CCl. The molecule has 7 heteroatoms. The number of halogens is 2. The molecule has 176 valence electrons. The van der Waals surface area contributed by atoms with Crippen molar-refractivity contribution in [3.05, 3.63) is 84.3 Å². The number of benzene rings is 1. The van der Waals surface area contributed by atoms with Crippen LogP contribution in [0.3, 0.4) is 0 Å². The van der Waals surface area contributed by atoms with E-state index in [1.54, 1.807) is 0 Å². The molecule has 1 aromatic rings. The number of nitrogens with zero attached hydrogens (tertiary/aromatic N) is 2. The van der Waals surface area contributed by atoms with Gasteiger partial charge in [0.2, 0.25) is 0 Å². The van der Waals surface area contributed by atoms with Crippen LogP contribution >= 0.6 is 23.4 Å². The first-order valence-corrected chi connectivity index (χ1v) is 14.2. The minimum Gasteiger partial charge on any atom is -0.130 e. The van der Waals surface area contributed by atoms with Gasteiger partial charge in [-0.1, -0.05) is 37.6 Å². The molecule has 0 atom stereocenters. The van der Waals surface area contributed by atoms with Crippen LogP contribution in [0.25, 0.3) is 0 Å². The molecule has 0 radical (unpaired) electrons. The second kappa shape index (κ2) is 17.1. The van der Waals surface area contributed by atoms with Gasteiger partial charge in [0.1, 0.15) is 0 Å². The van der Waals surface area contributed by atoms with Gasteiger partial charge in [0.25, 0.3) is 0 Å². The zero-order valence-corrected chi connectivity index (χ0v) is 25.8. The van der Waals surface area contributed by atoms with Gasteiger partial charge in [-0.2, -0.15) is 0 Å². The van der Waals surface area contributed by atoms with Crippen LogP contribution in [0, 0.1) is 5.41 Å². The number of allylic oxidation sites excluding steroid dienone is 6. The third-order valence-electron chi connectivity index (χ3n) is 5.09. The van der Waals surface area contributed by atoms with Crippen LogP contribution < -0.4 is 10.2 Å². The van der Waals surface area contributed by atoms with E-state index in [9.17, 15) is 0 Å². The fourth-order valence-electron chi connectivity index (χ4n) is 3.34. The normalized spacial score (nSPS) is 13.3. The Morgan fingerprint density at radius 2 is 2.09 bits per heavy atom. The van der Waals surface area contributed by atoms with E-state index in [-0.39, 0.29) is 0 Å². The molecule has 0 aliphatic carbocycles. The molecule has 0 bridgehead atoms. The predicted octanol–water partition coefficient (Wildman–Crippen LogP) is 7.35.